The van der Waals surface area contributed by atoms with Crippen molar-refractivity contribution in [3.8, 4) is 0 Å². The number of carbonyl (C=O) groups excluding carboxylic acids is 2. The summed E-state index contributed by atoms with van der Waals surface area (Å²) >= 11 is 0. The molecule has 6 N–H and O–H groups in total. The van der Waals surface area contributed by atoms with Gasteiger partial charge in [0, 0.05) is 29.2 Å². The first-order chi connectivity index (χ1) is 18.8. The van der Waals surface area contributed by atoms with E-state index < -0.39 is 90.2 Å². The standard InChI is InChI=1S/C27H36O13/c1-25-8-14(12-6-7-37-11-12)39-24(34)27(25,35)9-17(40-23-21(32)20(31)19(30)15(10-28)38-23)26(2)16(25)5-4-13(29)18(26)22(33)36-3/h6-7,11,14-17,19-21,23,28-32,35H,4-5,8-10H2,1-3H3/t14-,15-,16+,17+,19-,20-,21+,23-,25+,26-,27+/m1/s1. The average molecular weight is 569 g/mol. The van der Waals surface area contributed by atoms with Crippen molar-refractivity contribution in [2.24, 2.45) is 16.7 Å². The van der Waals surface area contributed by atoms with Crippen molar-refractivity contribution in [1.29, 1.82) is 0 Å². The van der Waals surface area contributed by atoms with E-state index >= 15 is 0 Å². The van der Waals surface area contributed by atoms with E-state index in [1.165, 1.54) is 12.5 Å². The lowest BCUT2D eigenvalue weighted by atomic mass is 9.43. The maximum Gasteiger partial charge on any atom is 0.339 e. The SMILES string of the molecule is COC(=O)C1=C(O)CC[C@@H]2[C@]1(C)[C@@H](O[C@H]1O[C@H](CO)[C@@H](O)[C@@H](O)[C@@H]1O)C[C@]1(O)C(=O)O[C@@H](c3ccoc3)C[C@@]21C. The van der Waals surface area contributed by atoms with Crippen molar-refractivity contribution < 1.29 is 63.6 Å². The summed E-state index contributed by atoms with van der Waals surface area (Å²) in [4.78, 5) is 26.7. The first-order valence-corrected chi connectivity index (χ1v) is 13.3. The molecule has 0 radical (unpaired) electrons. The van der Waals surface area contributed by atoms with Crippen LogP contribution < -0.4 is 0 Å². The highest BCUT2D eigenvalue weighted by atomic mass is 16.7. The molecule has 13 heteroatoms. The molecule has 13 nitrogen and oxygen atoms in total. The Labute approximate surface area is 229 Å². The third-order valence-corrected chi connectivity index (χ3v) is 9.73. The van der Waals surface area contributed by atoms with Gasteiger partial charge in [0.05, 0.1) is 37.9 Å². The normalized spacial score (nSPS) is 45.4. The quantitative estimate of drug-likeness (QED) is 0.259. The van der Waals surface area contributed by atoms with Crippen LogP contribution in [0, 0.1) is 16.7 Å². The maximum atomic E-state index is 13.6. The first kappa shape index (κ1) is 29.0. The minimum atomic E-state index is -2.12. The van der Waals surface area contributed by atoms with Crippen molar-refractivity contribution in [2.45, 2.75) is 88.0 Å². The summed E-state index contributed by atoms with van der Waals surface area (Å²) < 4.78 is 27.6. The number of aliphatic hydroxyl groups excluding tert-OH is 5. The molecule has 4 aliphatic rings. The highest BCUT2D eigenvalue weighted by Gasteiger charge is 2.73. The Balaban J connectivity index is 1.61. The lowest BCUT2D eigenvalue weighted by Gasteiger charge is -2.65. The third-order valence-electron chi connectivity index (χ3n) is 9.73. The maximum absolute atomic E-state index is 13.6. The Kier molecular flexibility index (Phi) is 7.31. The second kappa shape index (κ2) is 10.1. The number of methoxy groups -OCH3 is 1. The summed E-state index contributed by atoms with van der Waals surface area (Å²) in [5.74, 6) is -2.63. The Bertz CT molecular complexity index is 1160. The van der Waals surface area contributed by atoms with E-state index in [1.807, 2.05) is 0 Å². The predicted molar refractivity (Wildman–Crippen MR) is 131 cm³/mol. The predicted octanol–water partition coefficient (Wildman–Crippen LogP) is -0.00480. The molecule has 222 valence electrons. The number of allylic oxidation sites excluding steroid dienone is 1. The van der Waals surface area contributed by atoms with E-state index in [0.717, 1.165) is 7.11 Å². The van der Waals surface area contributed by atoms with Crippen LogP contribution in [-0.2, 0) is 28.5 Å². The lowest BCUT2D eigenvalue weighted by Crippen LogP contribution is -2.72. The van der Waals surface area contributed by atoms with E-state index in [0.29, 0.717) is 5.56 Å². The first-order valence-electron chi connectivity index (χ1n) is 13.3. The lowest BCUT2D eigenvalue weighted by molar-refractivity contribution is -0.338. The van der Waals surface area contributed by atoms with E-state index in [9.17, 15) is 40.2 Å². The van der Waals surface area contributed by atoms with E-state index in [1.54, 1.807) is 19.9 Å². The zero-order chi connectivity index (χ0) is 29.2. The highest BCUT2D eigenvalue weighted by molar-refractivity contribution is 5.91. The van der Waals surface area contributed by atoms with Gasteiger partial charge in [-0.15, -0.1) is 0 Å². The molecule has 0 spiro atoms. The molecule has 2 aliphatic carbocycles. The Morgan fingerprint density at radius 1 is 1.15 bits per heavy atom. The largest absolute Gasteiger partial charge is 0.512 e. The summed E-state index contributed by atoms with van der Waals surface area (Å²) in [6.07, 6.45) is -7.17. The number of rotatable bonds is 5. The second-order valence-electron chi connectivity index (χ2n) is 11.6. The molecule has 1 aromatic rings. The van der Waals surface area contributed by atoms with Crippen LogP contribution >= 0.6 is 0 Å². The van der Waals surface area contributed by atoms with E-state index in [2.05, 4.69) is 0 Å². The van der Waals surface area contributed by atoms with Gasteiger partial charge in [-0.25, -0.2) is 9.59 Å². The van der Waals surface area contributed by atoms with Gasteiger partial charge in [-0.05, 0) is 24.8 Å². The van der Waals surface area contributed by atoms with Crippen molar-refractivity contribution in [2.75, 3.05) is 13.7 Å². The van der Waals surface area contributed by atoms with Crippen molar-refractivity contribution in [3.05, 3.63) is 35.5 Å². The van der Waals surface area contributed by atoms with Crippen LogP contribution in [-0.4, -0.2) is 98.7 Å². The molecule has 2 saturated heterocycles. The number of esters is 2. The average Bonchev–Trinajstić information content (AvgIpc) is 3.46. The summed E-state index contributed by atoms with van der Waals surface area (Å²) in [6, 6.07) is 1.66. The van der Waals surface area contributed by atoms with Gasteiger partial charge in [-0.3, -0.25) is 0 Å². The molecule has 1 saturated carbocycles. The molecule has 2 aliphatic heterocycles. The van der Waals surface area contributed by atoms with Crippen LogP contribution in [0.3, 0.4) is 0 Å². The molecule has 3 fully saturated rings. The van der Waals surface area contributed by atoms with Gasteiger partial charge >= 0.3 is 11.9 Å². The Morgan fingerprint density at radius 2 is 1.88 bits per heavy atom. The molecular formula is C27H36O13. The van der Waals surface area contributed by atoms with Crippen LogP contribution in [0.5, 0.6) is 0 Å². The summed E-state index contributed by atoms with van der Waals surface area (Å²) in [5, 5.41) is 63.9. The Hall–Kier alpha value is -2.52. The van der Waals surface area contributed by atoms with Crippen molar-refractivity contribution >= 4 is 11.9 Å². The van der Waals surface area contributed by atoms with Gasteiger partial charge in [-0.1, -0.05) is 13.8 Å². The van der Waals surface area contributed by atoms with Gasteiger partial charge < -0.3 is 54.0 Å². The molecular weight excluding hydrogens is 532 g/mol. The number of ether oxygens (including phenoxy) is 4. The smallest absolute Gasteiger partial charge is 0.339 e. The number of aliphatic hydroxyl groups is 6. The number of cyclic esters (lactones) is 1. The number of furan rings is 1. The minimum Gasteiger partial charge on any atom is -0.512 e. The van der Waals surface area contributed by atoms with Gasteiger partial charge in [0.2, 0.25) is 0 Å². The summed E-state index contributed by atoms with van der Waals surface area (Å²) in [5.41, 5.74) is -4.21. The fourth-order valence-electron chi connectivity index (χ4n) is 7.45. The molecule has 11 atom stereocenters. The van der Waals surface area contributed by atoms with Crippen LogP contribution in [0.2, 0.25) is 0 Å². The number of hydrogen-bond acceptors (Lipinski definition) is 13. The molecule has 0 amide bonds. The van der Waals surface area contributed by atoms with Crippen LogP contribution in [0.25, 0.3) is 0 Å². The fraction of sp³-hybridized carbons (Fsp3) is 0.704. The van der Waals surface area contributed by atoms with Gasteiger partial charge in [-0.2, -0.15) is 0 Å². The zero-order valence-electron chi connectivity index (χ0n) is 22.4. The summed E-state index contributed by atoms with van der Waals surface area (Å²) in [7, 11) is 1.16. The monoisotopic (exact) mass is 568 g/mol. The van der Waals surface area contributed by atoms with E-state index in [-0.39, 0.29) is 30.6 Å². The summed E-state index contributed by atoms with van der Waals surface area (Å²) in [6.45, 7) is 2.70. The van der Waals surface area contributed by atoms with Gasteiger partial charge in [0.25, 0.3) is 0 Å². The minimum absolute atomic E-state index is 0.0640. The van der Waals surface area contributed by atoms with E-state index in [4.69, 9.17) is 23.4 Å². The molecule has 0 bridgehead atoms. The van der Waals surface area contributed by atoms with Gasteiger partial charge in [0.1, 0.15) is 36.3 Å². The molecule has 0 aromatic carbocycles. The van der Waals surface area contributed by atoms with Crippen LogP contribution in [0.15, 0.2) is 34.3 Å². The fourth-order valence-corrected chi connectivity index (χ4v) is 7.45. The van der Waals surface area contributed by atoms with Crippen LogP contribution in [0.1, 0.15) is 51.2 Å². The van der Waals surface area contributed by atoms with Gasteiger partial charge in [0.15, 0.2) is 11.9 Å². The zero-order valence-corrected chi connectivity index (χ0v) is 22.4. The third kappa shape index (κ3) is 4.02. The Morgan fingerprint density at radius 3 is 2.50 bits per heavy atom. The highest BCUT2D eigenvalue weighted by Crippen LogP contribution is 2.67. The second-order valence-corrected chi connectivity index (χ2v) is 11.6. The molecule has 3 heterocycles. The van der Waals surface area contributed by atoms with Crippen molar-refractivity contribution in [3.63, 3.8) is 0 Å². The number of carbonyl (C=O) groups is 2. The molecule has 0 unspecified atom stereocenters. The number of hydrogen-bond donors (Lipinski definition) is 6. The van der Waals surface area contributed by atoms with Crippen LogP contribution in [0.4, 0.5) is 0 Å². The topological polar surface area (TPSA) is 206 Å². The molecule has 1 aromatic heterocycles. The number of fused-ring (bicyclic) bond motifs is 3. The van der Waals surface area contributed by atoms with Crippen molar-refractivity contribution in [1.82, 2.24) is 0 Å². The molecule has 5 rings (SSSR count). The molecule has 40 heavy (non-hydrogen) atoms.